The first-order valence-corrected chi connectivity index (χ1v) is 9.64. The van der Waals surface area contributed by atoms with Crippen molar-refractivity contribution < 1.29 is 8.42 Å². The van der Waals surface area contributed by atoms with Crippen LogP contribution in [0.3, 0.4) is 0 Å². The normalized spacial score (nSPS) is 14.2. The van der Waals surface area contributed by atoms with Crippen molar-refractivity contribution in [2.45, 2.75) is 38.4 Å². The topological polar surface area (TPSA) is 70.0 Å². The van der Waals surface area contributed by atoms with Crippen molar-refractivity contribution in [1.82, 2.24) is 0 Å². The van der Waals surface area contributed by atoms with Gasteiger partial charge in [0.15, 0.2) is 0 Å². The molecule has 4 nitrogen and oxygen atoms in total. The van der Waals surface area contributed by atoms with Crippen LogP contribution >= 0.6 is 0 Å². The standard InChI is InChI=1S/C19H20N2O2S/c1-13-9-18(10-14(2)19(13)11-20)21-24(22,23)12-15-3-5-16(6-4-15)17-7-8-17/h3-6,9-10,17,21H,7-8,12H2,1-2H3. The summed E-state index contributed by atoms with van der Waals surface area (Å²) in [4.78, 5) is 0. The molecule has 1 N–H and O–H groups in total. The molecule has 0 atom stereocenters. The maximum atomic E-state index is 12.4. The third kappa shape index (κ3) is 3.77. The Kier molecular flexibility index (Phi) is 4.33. The van der Waals surface area contributed by atoms with Crippen LogP contribution in [0.1, 0.15) is 46.6 Å². The van der Waals surface area contributed by atoms with E-state index in [4.69, 9.17) is 5.26 Å². The fraction of sp³-hybridized carbons (Fsp3) is 0.316. The van der Waals surface area contributed by atoms with E-state index in [-0.39, 0.29) is 5.75 Å². The van der Waals surface area contributed by atoms with Gasteiger partial charge in [0.25, 0.3) is 0 Å². The molecule has 0 saturated heterocycles. The largest absolute Gasteiger partial charge is 0.283 e. The van der Waals surface area contributed by atoms with Crippen LogP contribution in [0.4, 0.5) is 5.69 Å². The third-order valence-corrected chi connectivity index (χ3v) is 5.56. The monoisotopic (exact) mass is 340 g/mol. The minimum atomic E-state index is -3.49. The molecule has 3 rings (SSSR count). The Hall–Kier alpha value is -2.32. The number of nitrogens with one attached hydrogen (secondary N) is 1. The summed E-state index contributed by atoms with van der Waals surface area (Å²) in [6.07, 6.45) is 2.47. The van der Waals surface area contributed by atoms with Gasteiger partial charge in [-0.1, -0.05) is 24.3 Å². The predicted octanol–water partition coefficient (Wildman–Crippen LogP) is 3.99. The van der Waals surface area contributed by atoms with Crippen LogP contribution in [-0.2, 0) is 15.8 Å². The summed E-state index contributed by atoms with van der Waals surface area (Å²) in [6.45, 7) is 3.61. The van der Waals surface area contributed by atoms with E-state index in [1.807, 2.05) is 24.3 Å². The van der Waals surface area contributed by atoms with E-state index in [2.05, 4.69) is 10.8 Å². The molecule has 1 fully saturated rings. The molecule has 24 heavy (non-hydrogen) atoms. The van der Waals surface area contributed by atoms with Gasteiger partial charge in [0.2, 0.25) is 10.0 Å². The van der Waals surface area contributed by atoms with E-state index in [1.165, 1.54) is 18.4 Å². The number of aryl methyl sites for hydroxylation is 2. The van der Waals surface area contributed by atoms with Crippen LogP contribution in [0.5, 0.6) is 0 Å². The lowest BCUT2D eigenvalue weighted by Gasteiger charge is -2.11. The Bertz CT molecular complexity index is 882. The molecule has 5 heteroatoms. The molecule has 0 aromatic heterocycles. The van der Waals surface area contributed by atoms with Gasteiger partial charge < -0.3 is 0 Å². The average molecular weight is 340 g/mol. The molecule has 0 aliphatic heterocycles. The summed E-state index contributed by atoms with van der Waals surface area (Å²) in [6, 6.07) is 13.4. The number of benzene rings is 2. The third-order valence-electron chi connectivity index (χ3n) is 4.30. The molecule has 0 bridgehead atoms. The lowest BCUT2D eigenvalue weighted by molar-refractivity contribution is 0.600. The first-order valence-electron chi connectivity index (χ1n) is 7.98. The Labute approximate surface area is 143 Å². The van der Waals surface area contributed by atoms with Crippen LogP contribution < -0.4 is 4.72 Å². The van der Waals surface area contributed by atoms with E-state index in [0.29, 0.717) is 17.2 Å². The van der Waals surface area contributed by atoms with E-state index < -0.39 is 10.0 Å². The lowest BCUT2D eigenvalue weighted by Crippen LogP contribution is -2.15. The van der Waals surface area contributed by atoms with Crippen LogP contribution in [0.2, 0.25) is 0 Å². The van der Waals surface area contributed by atoms with Gasteiger partial charge in [0, 0.05) is 5.69 Å². The molecule has 2 aromatic rings. The van der Waals surface area contributed by atoms with Gasteiger partial charge in [-0.2, -0.15) is 5.26 Å². The number of hydrogen-bond donors (Lipinski definition) is 1. The first-order chi connectivity index (χ1) is 11.4. The number of hydrogen-bond acceptors (Lipinski definition) is 3. The summed E-state index contributed by atoms with van der Waals surface area (Å²) in [5.74, 6) is 0.606. The molecule has 0 amide bonds. The Morgan fingerprint density at radius 3 is 2.21 bits per heavy atom. The van der Waals surface area contributed by atoms with Crippen molar-refractivity contribution in [1.29, 1.82) is 5.26 Å². The smallest absolute Gasteiger partial charge is 0.236 e. The van der Waals surface area contributed by atoms with Crippen LogP contribution in [-0.4, -0.2) is 8.42 Å². The molecule has 0 radical (unpaired) electrons. The highest BCUT2D eigenvalue weighted by Crippen LogP contribution is 2.39. The Balaban J connectivity index is 1.75. The van der Waals surface area contributed by atoms with Crippen molar-refractivity contribution in [3.05, 3.63) is 64.2 Å². The van der Waals surface area contributed by atoms with Crippen LogP contribution in [0, 0.1) is 25.2 Å². The highest BCUT2D eigenvalue weighted by Gasteiger charge is 2.23. The zero-order valence-corrected chi connectivity index (χ0v) is 14.7. The summed E-state index contributed by atoms with van der Waals surface area (Å²) >= 11 is 0. The molecule has 2 aromatic carbocycles. The minimum absolute atomic E-state index is 0.0595. The first kappa shape index (κ1) is 16.5. The van der Waals surface area contributed by atoms with Crippen molar-refractivity contribution in [2.75, 3.05) is 4.72 Å². The van der Waals surface area contributed by atoms with Crippen LogP contribution in [0.25, 0.3) is 0 Å². The molecule has 124 valence electrons. The summed E-state index contributed by atoms with van der Waals surface area (Å²) in [7, 11) is -3.49. The van der Waals surface area contributed by atoms with Gasteiger partial charge in [0.05, 0.1) is 17.4 Å². The van der Waals surface area contributed by atoms with Gasteiger partial charge >= 0.3 is 0 Å². The Morgan fingerprint density at radius 2 is 1.71 bits per heavy atom. The average Bonchev–Trinajstić information content (AvgIpc) is 3.31. The second-order valence-corrected chi connectivity index (χ2v) is 8.20. The SMILES string of the molecule is Cc1cc(NS(=O)(=O)Cc2ccc(C3CC3)cc2)cc(C)c1C#N. The quantitative estimate of drug-likeness (QED) is 0.894. The second-order valence-electron chi connectivity index (χ2n) is 6.47. The van der Waals surface area contributed by atoms with Gasteiger partial charge in [0.1, 0.15) is 0 Å². The van der Waals surface area contributed by atoms with E-state index in [9.17, 15) is 8.42 Å². The highest BCUT2D eigenvalue weighted by molar-refractivity contribution is 7.91. The molecule has 0 spiro atoms. The number of nitrogens with zero attached hydrogens (tertiary/aromatic N) is 1. The minimum Gasteiger partial charge on any atom is -0.283 e. The summed E-state index contributed by atoms with van der Waals surface area (Å²) < 4.78 is 27.4. The van der Waals surface area contributed by atoms with Gasteiger partial charge in [-0.15, -0.1) is 0 Å². The molecular weight excluding hydrogens is 320 g/mol. The number of sulfonamides is 1. The fourth-order valence-corrected chi connectivity index (χ4v) is 4.12. The number of nitriles is 1. The summed E-state index contributed by atoms with van der Waals surface area (Å²) in [5.41, 5.74) is 4.69. The zero-order valence-electron chi connectivity index (χ0n) is 13.8. The maximum absolute atomic E-state index is 12.4. The predicted molar refractivity (Wildman–Crippen MR) is 95.3 cm³/mol. The number of anilines is 1. The van der Waals surface area contributed by atoms with E-state index >= 15 is 0 Å². The summed E-state index contributed by atoms with van der Waals surface area (Å²) in [5, 5.41) is 9.09. The molecule has 0 unspecified atom stereocenters. The number of rotatable bonds is 5. The van der Waals surface area contributed by atoms with Crippen molar-refractivity contribution >= 4 is 15.7 Å². The van der Waals surface area contributed by atoms with E-state index in [1.54, 1.807) is 26.0 Å². The van der Waals surface area contributed by atoms with Crippen LogP contribution in [0.15, 0.2) is 36.4 Å². The lowest BCUT2D eigenvalue weighted by atomic mass is 10.0. The van der Waals surface area contributed by atoms with Crippen molar-refractivity contribution in [3.8, 4) is 6.07 Å². The molecule has 1 aliphatic carbocycles. The van der Waals surface area contributed by atoms with Gasteiger partial charge in [-0.05, 0) is 67.0 Å². The Morgan fingerprint density at radius 1 is 1.12 bits per heavy atom. The van der Waals surface area contributed by atoms with Gasteiger partial charge in [-0.25, -0.2) is 8.42 Å². The fourth-order valence-electron chi connectivity index (χ4n) is 2.94. The van der Waals surface area contributed by atoms with E-state index in [0.717, 1.165) is 16.7 Å². The maximum Gasteiger partial charge on any atom is 0.236 e. The molecular formula is C19H20N2O2S. The van der Waals surface area contributed by atoms with Gasteiger partial charge in [-0.3, -0.25) is 4.72 Å². The molecule has 1 aliphatic rings. The molecule has 0 heterocycles. The highest BCUT2D eigenvalue weighted by atomic mass is 32.2. The second kappa shape index (κ2) is 6.29. The van der Waals surface area contributed by atoms with Crippen molar-refractivity contribution in [2.24, 2.45) is 0 Å². The zero-order chi connectivity index (χ0) is 17.3. The molecule has 1 saturated carbocycles. The van der Waals surface area contributed by atoms with Crippen molar-refractivity contribution in [3.63, 3.8) is 0 Å².